The van der Waals surface area contributed by atoms with Crippen molar-refractivity contribution in [2.75, 3.05) is 11.4 Å². The summed E-state index contributed by atoms with van der Waals surface area (Å²) in [5, 5.41) is 6.90. The molecule has 0 fully saturated rings. The molecule has 0 radical (unpaired) electrons. The predicted molar refractivity (Wildman–Crippen MR) is 295 cm³/mol. The molecule has 0 saturated carbocycles. The number of para-hydroxylation sites is 5. The molecule has 334 valence electrons. The Labute approximate surface area is 413 Å². The summed E-state index contributed by atoms with van der Waals surface area (Å²) in [6.07, 6.45) is 8.15. The number of thiocarbonyl (C=S) groups is 1. The van der Waals surface area contributed by atoms with Gasteiger partial charge >= 0.3 is 0 Å². The van der Waals surface area contributed by atoms with Crippen molar-refractivity contribution in [3.63, 3.8) is 0 Å². The van der Waals surface area contributed by atoms with Gasteiger partial charge in [-0.2, -0.15) is 0 Å². The van der Waals surface area contributed by atoms with Crippen LogP contribution in [-0.4, -0.2) is 45.0 Å². The second kappa shape index (κ2) is 16.4. The molecule has 14 rings (SSSR count). The van der Waals surface area contributed by atoms with Crippen LogP contribution in [0.4, 0.5) is 11.5 Å². The van der Waals surface area contributed by atoms with Crippen molar-refractivity contribution < 1.29 is 0 Å². The summed E-state index contributed by atoms with van der Waals surface area (Å²) in [6, 6.07) is 71.8. The van der Waals surface area contributed by atoms with Crippen LogP contribution >= 0.6 is 12.2 Å². The summed E-state index contributed by atoms with van der Waals surface area (Å²) in [5.74, 6) is 3.22. The van der Waals surface area contributed by atoms with Crippen LogP contribution in [0.1, 0.15) is 5.56 Å². The molecule has 0 bridgehead atoms. The summed E-state index contributed by atoms with van der Waals surface area (Å²) in [6.45, 7) is 0.628. The molecular formula is C62H40N8S. The molecule has 71 heavy (non-hydrogen) atoms. The van der Waals surface area contributed by atoms with E-state index in [0.29, 0.717) is 6.54 Å². The predicted octanol–water partition coefficient (Wildman–Crippen LogP) is 14.9. The minimum absolute atomic E-state index is 0.628. The lowest BCUT2D eigenvalue weighted by molar-refractivity contribution is 1.04. The third kappa shape index (κ3) is 6.55. The van der Waals surface area contributed by atoms with Gasteiger partial charge in [-0.3, -0.25) is 13.7 Å². The standard InChI is InChI=1S/C62H40N8S/c71-56-32-2-1-13-39-67(51-27-8-7-22-46(51)56)57-33-14-23-47(63-57)48-25-16-35-59(65-48)69-54-30-11-5-20-42(54)44-37-38-45-43-21-6-12-31-55(43)70(62(45)61(44)69)60-36-17-26-50(66-60)49-24-15-34-58(64-49)68-52-28-9-3-18-40(52)41-19-4-10-29-53(41)68/h1-38H,39H2/b13-1-,32-2-. The first-order chi connectivity index (χ1) is 35.2. The Morgan fingerprint density at radius 1 is 0.338 bits per heavy atom. The number of rotatable bonds is 6. The van der Waals surface area contributed by atoms with Crippen molar-refractivity contribution in [1.29, 1.82) is 0 Å². The van der Waals surface area contributed by atoms with Gasteiger partial charge < -0.3 is 4.90 Å². The van der Waals surface area contributed by atoms with E-state index in [1.807, 2.05) is 48.6 Å². The molecule has 6 aromatic carbocycles. The monoisotopic (exact) mass is 928 g/mol. The zero-order valence-corrected chi connectivity index (χ0v) is 38.9. The molecule has 0 N–H and O–H groups in total. The molecule has 0 saturated heterocycles. The number of hydrogen-bond acceptors (Lipinski definition) is 6. The summed E-state index contributed by atoms with van der Waals surface area (Å²) < 4.78 is 6.88. The maximum Gasteiger partial charge on any atom is 0.138 e. The number of hydrogen-bond donors (Lipinski definition) is 0. The minimum atomic E-state index is 0.628. The second-order valence-corrected chi connectivity index (χ2v) is 18.2. The fourth-order valence-electron chi connectivity index (χ4n) is 10.6. The molecule has 0 unspecified atom stereocenters. The Hall–Kier alpha value is -9.31. The van der Waals surface area contributed by atoms with Crippen molar-refractivity contribution in [2.45, 2.75) is 0 Å². The van der Waals surface area contributed by atoms with Gasteiger partial charge in [-0.15, -0.1) is 0 Å². The van der Waals surface area contributed by atoms with Crippen molar-refractivity contribution in [3.8, 4) is 40.2 Å². The van der Waals surface area contributed by atoms with Gasteiger partial charge in [0.25, 0.3) is 0 Å². The Kier molecular flexibility index (Phi) is 9.43. The van der Waals surface area contributed by atoms with Crippen molar-refractivity contribution in [2.24, 2.45) is 0 Å². The molecule has 8 nitrogen and oxygen atoms in total. The number of pyridine rings is 4. The third-order valence-corrected chi connectivity index (χ3v) is 14.1. The van der Waals surface area contributed by atoms with E-state index in [4.69, 9.17) is 32.2 Å². The highest BCUT2D eigenvalue weighted by molar-refractivity contribution is 7.81. The lowest BCUT2D eigenvalue weighted by atomic mass is 10.1. The van der Waals surface area contributed by atoms with Crippen LogP contribution in [0.5, 0.6) is 0 Å². The number of aromatic nitrogens is 7. The molecule has 9 heteroatoms. The summed E-state index contributed by atoms with van der Waals surface area (Å²) in [5.41, 5.74) is 11.5. The smallest absolute Gasteiger partial charge is 0.138 e. The van der Waals surface area contributed by atoms with Crippen LogP contribution in [0.25, 0.3) is 106 Å². The maximum atomic E-state index is 5.86. The Morgan fingerprint density at radius 2 is 0.732 bits per heavy atom. The first kappa shape index (κ1) is 40.7. The maximum absolute atomic E-state index is 5.86. The number of benzene rings is 6. The van der Waals surface area contributed by atoms with Crippen molar-refractivity contribution >= 4 is 94.0 Å². The van der Waals surface area contributed by atoms with Crippen LogP contribution in [0.3, 0.4) is 0 Å². The molecular weight excluding hydrogens is 889 g/mol. The van der Waals surface area contributed by atoms with Gasteiger partial charge in [0, 0.05) is 49.3 Å². The molecule has 0 atom stereocenters. The highest BCUT2D eigenvalue weighted by atomic mass is 32.1. The van der Waals surface area contributed by atoms with E-state index in [1.54, 1.807) is 0 Å². The minimum Gasteiger partial charge on any atom is -0.322 e. The average molecular weight is 929 g/mol. The quantitative estimate of drug-likeness (QED) is 0.155. The Morgan fingerprint density at radius 3 is 1.24 bits per heavy atom. The zero-order valence-electron chi connectivity index (χ0n) is 38.1. The third-order valence-electron chi connectivity index (χ3n) is 13.7. The molecule has 0 spiro atoms. The summed E-state index contributed by atoms with van der Waals surface area (Å²) in [4.78, 5) is 24.5. The fraction of sp³-hybridized carbons (Fsp3) is 0.0161. The van der Waals surface area contributed by atoms with E-state index < -0.39 is 0 Å². The van der Waals surface area contributed by atoms with Gasteiger partial charge in [-0.05, 0) is 84.9 Å². The first-order valence-corrected chi connectivity index (χ1v) is 24.1. The van der Waals surface area contributed by atoms with Gasteiger partial charge in [-0.25, -0.2) is 19.9 Å². The molecule has 8 heterocycles. The summed E-state index contributed by atoms with van der Waals surface area (Å²) >= 11 is 5.86. The van der Waals surface area contributed by atoms with Crippen molar-refractivity contribution in [1.82, 2.24) is 33.6 Å². The van der Waals surface area contributed by atoms with E-state index in [-0.39, 0.29) is 0 Å². The van der Waals surface area contributed by atoms with Gasteiger partial charge in [0.05, 0.1) is 61.6 Å². The van der Waals surface area contributed by atoms with Gasteiger partial charge in [0.1, 0.15) is 23.3 Å². The highest BCUT2D eigenvalue weighted by Gasteiger charge is 2.24. The number of anilines is 2. The lowest BCUT2D eigenvalue weighted by Crippen LogP contribution is -2.20. The molecule has 0 aliphatic carbocycles. The number of fused-ring (bicyclic) bond motifs is 11. The van der Waals surface area contributed by atoms with Gasteiger partial charge in [0.2, 0.25) is 0 Å². The SMILES string of the molecule is S=C1/C=C\C=C/CN(c2cccc(-c3cccc(-n4c5ccccc5c5ccc6c7ccccc7n(-c7cccc(-c8cccc(-n9c%10ccccc%10c%10ccccc%109)n8)n7)c6c54)n3)n2)c2ccccc21. The van der Waals surface area contributed by atoms with Crippen LogP contribution in [-0.2, 0) is 0 Å². The normalized spacial score (nSPS) is 13.8. The largest absolute Gasteiger partial charge is 0.322 e. The van der Waals surface area contributed by atoms with Gasteiger partial charge in [-0.1, -0.05) is 158 Å². The van der Waals surface area contributed by atoms with E-state index in [9.17, 15) is 0 Å². The Bertz CT molecular complexity index is 4330. The van der Waals surface area contributed by atoms with Crippen molar-refractivity contribution in [3.05, 3.63) is 236 Å². The van der Waals surface area contributed by atoms with Crippen LogP contribution < -0.4 is 4.90 Å². The topological polar surface area (TPSA) is 69.6 Å². The van der Waals surface area contributed by atoms with E-state index in [1.165, 1.54) is 10.8 Å². The van der Waals surface area contributed by atoms with E-state index in [0.717, 1.165) is 117 Å². The van der Waals surface area contributed by atoms with E-state index in [2.05, 4.69) is 201 Å². The Balaban J connectivity index is 0.938. The number of nitrogens with zero attached hydrogens (tertiary/aromatic N) is 8. The lowest BCUT2D eigenvalue weighted by Gasteiger charge is -2.25. The fourth-order valence-corrected chi connectivity index (χ4v) is 10.9. The molecule has 0 amide bonds. The zero-order chi connectivity index (χ0) is 47.0. The average Bonchev–Trinajstić information content (AvgIpc) is 4.09. The van der Waals surface area contributed by atoms with E-state index >= 15 is 0 Å². The summed E-state index contributed by atoms with van der Waals surface area (Å²) in [7, 11) is 0. The first-order valence-electron chi connectivity index (χ1n) is 23.7. The molecule has 1 aliphatic rings. The van der Waals surface area contributed by atoms with Crippen LogP contribution in [0.2, 0.25) is 0 Å². The number of allylic oxidation sites excluding steroid dienone is 3. The molecule has 7 aromatic heterocycles. The highest BCUT2D eigenvalue weighted by Crippen LogP contribution is 2.42. The molecule has 13 aromatic rings. The second-order valence-electron chi connectivity index (χ2n) is 17.7. The van der Waals surface area contributed by atoms with Crippen LogP contribution in [0.15, 0.2) is 231 Å². The van der Waals surface area contributed by atoms with Gasteiger partial charge in [0.15, 0.2) is 0 Å². The molecule has 1 aliphatic heterocycles. The van der Waals surface area contributed by atoms with Crippen LogP contribution in [0, 0.1) is 0 Å².